The van der Waals surface area contributed by atoms with E-state index in [1.807, 2.05) is 36.4 Å². The number of ether oxygens (including phenoxy) is 3. The van der Waals surface area contributed by atoms with Crippen molar-refractivity contribution in [1.29, 1.82) is 0 Å². The van der Waals surface area contributed by atoms with Gasteiger partial charge in [0, 0.05) is 12.3 Å². The third kappa shape index (κ3) is 5.47. The van der Waals surface area contributed by atoms with Gasteiger partial charge in [-0.15, -0.1) is 0 Å². The number of rotatable bonds is 9. The third-order valence-electron chi connectivity index (χ3n) is 6.57. The Morgan fingerprint density at radius 3 is 2.08 bits per heavy atom. The lowest BCUT2D eigenvalue weighted by Gasteiger charge is -2.18. The molecule has 7 heteroatoms. The maximum absolute atomic E-state index is 12.7. The average molecular weight is 510 g/mol. The fourth-order valence-electron chi connectivity index (χ4n) is 4.73. The van der Waals surface area contributed by atoms with Crippen molar-refractivity contribution in [3.05, 3.63) is 114 Å². The van der Waals surface area contributed by atoms with Crippen molar-refractivity contribution >= 4 is 12.1 Å². The van der Waals surface area contributed by atoms with E-state index < -0.39 is 18.1 Å². The van der Waals surface area contributed by atoms with Crippen LogP contribution in [0.1, 0.15) is 22.6 Å². The summed E-state index contributed by atoms with van der Waals surface area (Å²) < 4.78 is 16.6. The average Bonchev–Trinajstić information content (AvgIpc) is 3.26. The van der Waals surface area contributed by atoms with Crippen LogP contribution in [-0.2, 0) is 16.0 Å². The lowest BCUT2D eigenvalue weighted by atomic mass is 9.98. The molecule has 5 rings (SSSR count). The molecular formula is C31H27NO6. The summed E-state index contributed by atoms with van der Waals surface area (Å²) in [6.45, 7) is 0.109. The van der Waals surface area contributed by atoms with Crippen molar-refractivity contribution in [2.45, 2.75) is 18.4 Å². The van der Waals surface area contributed by atoms with Crippen LogP contribution < -0.4 is 14.8 Å². The summed E-state index contributed by atoms with van der Waals surface area (Å²) in [5.41, 5.74) is 5.12. The highest BCUT2D eigenvalue weighted by atomic mass is 16.5. The Hall–Kier alpha value is -4.78. The molecule has 0 saturated carbocycles. The molecule has 192 valence electrons. The Kier molecular flexibility index (Phi) is 7.26. The van der Waals surface area contributed by atoms with Crippen LogP contribution in [0.3, 0.4) is 0 Å². The van der Waals surface area contributed by atoms with Gasteiger partial charge in [0.15, 0.2) is 0 Å². The Labute approximate surface area is 220 Å². The zero-order valence-corrected chi connectivity index (χ0v) is 20.8. The minimum absolute atomic E-state index is 0.0688. The Morgan fingerprint density at radius 1 is 0.816 bits per heavy atom. The third-order valence-corrected chi connectivity index (χ3v) is 6.57. The van der Waals surface area contributed by atoms with Crippen LogP contribution in [0.4, 0.5) is 4.79 Å². The molecule has 1 aliphatic rings. The highest BCUT2D eigenvalue weighted by Crippen LogP contribution is 2.44. The van der Waals surface area contributed by atoms with E-state index in [-0.39, 0.29) is 18.9 Å². The zero-order chi connectivity index (χ0) is 26.5. The van der Waals surface area contributed by atoms with Gasteiger partial charge in [-0.2, -0.15) is 0 Å². The molecule has 1 atom stereocenters. The van der Waals surface area contributed by atoms with Gasteiger partial charge in [-0.05, 0) is 64.2 Å². The van der Waals surface area contributed by atoms with Gasteiger partial charge in [-0.3, -0.25) is 0 Å². The number of carbonyl (C=O) groups is 2. The zero-order valence-electron chi connectivity index (χ0n) is 20.8. The molecule has 0 fully saturated rings. The highest BCUT2D eigenvalue weighted by molar-refractivity contribution is 5.81. The highest BCUT2D eigenvalue weighted by Gasteiger charge is 2.29. The maximum Gasteiger partial charge on any atom is 0.407 e. The van der Waals surface area contributed by atoms with E-state index in [4.69, 9.17) is 14.2 Å². The summed E-state index contributed by atoms with van der Waals surface area (Å²) in [6.07, 6.45) is -0.704. The first-order valence-corrected chi connectivity index (χ1v) is 12.3. The number of carboxylic acid groups (broad SMARTS) is 1. The second-order valence-corrected chi connectivity index (χ2v) is 8.99. The molecule has 0 aliphatic heterocycles. The summed E-state index contributed by atoms with van der Waals surface area (Å²) in [5, 5.41) is 12.3. The van der Waals surface area contributed by atoms with Crippen LogP contribution in [0.5, 0.6) is 17.2 Å². The number of benzene rings is 4. The van der Waals surface area contributed by atoms with Crippen LogP contribution in [-0.4, -0.2) is 36.9 Å². The second kappa shape index (κ2) is 11.1. The molecule has 1 aliphatic carbocycles. The van der Waals surface area contributed by atoms with Crippen LogP contribution in [0, 0.1) is 0 Å². The van der Waals surface area contributed by atoms with Gasteiger partial charge < -0.3 is 24.6 Å². The Morgan fingerprint density at radius 2 is 1.45 bits per heavy atom. The predicted octanol–water partition coefficient (Wildman–Crippen LogP) is 6.02. The number of carbonyl (C=O) groups excluding carboxylic acids is 1. The molecule has 1 amide bonds. The lowest BCUT2D eigenvalue weighted by Crippen LogP contribution is -2.42. The molecule has 0 bridgehead atoms. The molecular weight excluding hydrogens is 482 g/mol. The fourth-order valence-corrected chi connectivity index (χ4v) is 4.73. The van der Waals surface area contributed by atoms with Gasteiger partial charge in [0.05, 0.1) is 7.11 Å². The lowest BCUT2D eigenvalue weighted by molar-refractivity contribution is -0.139. The van der Waals surface area contributed by atoms with Crippen molar-refractivity contribution < 1.29 is 28.9 Å². The SMILES string of the molecule is COc1ccc(Oc2cccc(CC(NC(=O)OCC3c4ccccc4-c4ccccc43)C(=O)O)c2)cc1. The number of nitrogens with one attached hydrogen (secondary N) is 1. The van der Waals surface area contributed by atoms with E-state index in [2.05, 4.69) is 17.4 Å². The van der Waals surface area contributed by atoms with E-state index in [1.165, 1.54) is 0 Å². The molecule has 1 unspecified atom stereocenters. The van der Waals surface area contributed by atoms with Crippen molar-refractivity contribution in [3.8, 4) is 28.4 Å². The largest absolute Gasteiger partial charge is 0.497 e. The van der Waals surface area contributed by atoms with Gasteiger partial charge in [0.25, 0.3) is 0 Å². The maximum atomic E-state index is 12.7. The number of fused-ring (bicyclic) bond motifs is 3. The van der Waals surface area contributed by atoms with Crippen LogP contribution in [0.2, 0.25) is 0 Å². The number of methoxy groups -OCH3 is 1. The first-order chi connectivity index (χ1) is 18.5. The van der Waals surface area contributed by atoms with E-state index in [9.17, 15) is 14.7 Å². The summed E-state index contributed by atoms with van der Waals surface area (Å²) >= 11 is 0. The Balaban J connectivity index is 1.22. The molecule has 0 saturated heterocycles. The monoisotopic (exact) mass is 509 g/mol. The van der Waals surface area contributed by atoms with Gasteiger partial charge in [0.1, 0.15) is 29.9 Å². The molecule has 38 heavy (non-hydrogen) atoms. The molecule has 0 aromatic heterocycles. The molecule has 0 spiro atoms. The molecule has 0 radical (unpaired) electrons. The van der Waals surface area contributed by atoms with Crippen LogP contribution in [0.25, 0.3) is 11.1 Å². The number of amides is 1. The van der Waals surface area contributed by atoms with E-state index in [0.717, 1.165) is 28.0 Å². The van der Waals surface area contributed by atoms with Crippen molar-refractivity contribution in [2.24, 2.45) is 0 Å². The minimum atomic E-state index is -1.16. The molecule has 4 aromatic rings. The number of carboxylic acids is 1. The normalized spacial score (nSPS) is 12.7. The smallest absolute Gasteiger partial charge is 0.407 e. The van der Waals surface area contributed by atoms with Crippen molar-refractivity contribution in [2.75, 3.05) is 13.7 Å². The summed E-state index contributed by atoms with van der Waals surface area (Å²) in [4.78, 5) is 24.6. The quantitative estimate of drug-likeness (QED) is 0.287. The molecule has 7 nitrogen and oxygen atoms in total. The van der Waals surface area contributed by atoms with Crippen molar-refractivity contribution in [1.82, 2.24) is 5.32 Å². The number of alkyl carbamates (subject to hydrolysis) is 1. The first kappa shape index (κ1) is 24.9. The number of hydrogen-bond donors (Lipinski definition) is 2. The van der Waals surface area contributed by atoms with Gasteiger partial charge in [0.2, 0.25) is 0 Å². The fraction of sp³-hybridized carbons (Fsp3) is 0.161. The van der Waals surface area contributed by atoms with Gasteiger partial charge in [-0.1, -0.05) is 60.7 Å². The van der Waals surface area contributed by atoms with Crippen LogP contribution in [0.15, 0.2) is 97.1 Å². The molecule has 0 heterocycles. The molecule has 4 aromatic carbocycles. The number of hydrogen-bond acceptors (Lipinski definition) is 5. The molecule has 2 N–H and O–H groups in total. The van der Waals surface area contributed by atoms with Gasteiger partial charge in [-0.25, -0.2) is 9.59 Å². The van der Waals surface area contributed by atoms with Crippen LogP contribution >= 0.6 is 0 Å². The van der Waals surface area contributed by atoms with E-state index in [0.29, 0.717) is 17.1 Å². The Bertz CT molecular complexity index is 1400. The van der Waals surface area contributed by atoms with Gasteiger partial charge >= 0.3 is 12.1 Å². The summed E-state index contributed by atoms with van der Waals surface area (Å²) in [5.74, 6) is 0.630. The van der Waals surface area contributed by atoms with E-state index >= 15 is 0 Å². The van der Waals surface area contributed by atoms with E-state index in [1.54, 1.807) is 55.6 Å². The topological polar surface area (TPSA) is 94.1 Å². The first-order valence-electron chi connectivity index (χ1n) is 12.3. The second-order valence-electron chi connectivity index (χ2n) is 8.99. The standard InChI is InChI=1S/C31H27NO6/c1-36-21-13-15-22(16-14-21)38-23-8-6-7-20(17-23)18-29(30(33)34)32-31(35)37-19-28-26-11-4-2-9-24(26)25-10-3-5-12-27(25)28/h2-17,28-29H,18-19H2,1H3,(H,32,35)(H,33,34). The number of aliphatic carboxylic acids is 1. The summed E-state index contributed by atoms with van der Waals surface area (Å²) in [6, 6.07) is 29.1. The summed E-state index contributed by atoms with van der Waals surface area (Å²) in [7, 11) is 1.59. The minimum Gasteiger partial charge on any atom is -0.497 e. The van der Waals surface area contributed by atoms with Crippen molar-refractivity contribution in [3.63, 3.8) is 0 Å². The predicted molar refractivity (Wildman–Crippen MR) is 143 cm³/mol.